The second kappa shape index (κ2) is 4.10. The van der Waals surface area contributed by atoms with Gasteiger partial charge in [-0.05, 0) is 48.4 Å². The van der Waals surface area contributed by atoms with Gasteiger partial charge < -0.3 is 9.84 Å². The molecule has 2 aliphatic carbocycles. The van der Waals surface area contributed by atoms with E-state index in [4.69, 9.17) is 4.74 Å². The van der Waals surface area contributed by atoms with E-state index in [9.17, 15) is 5.11 Å². The lowest BCUT2D eigenvalue weighted by Gasteiger charge is -2.08. The van der Waals surface area contributed by atoms with Gasteiger partial charge in [0.1, 0.15) is 5.75 Å². The van der Waals surface area contributed by atoms with Gasteiger partial charge in [0.25, 0.3) is 0 Å². The number of ether oxygens (including phenoxy) is 1. The van der Waals surface area contributed by atoms with Crippen molar-refractivity contribution < 1.29 is 9.84 Å². The highest BCUT2D eigenvalue weighted by atomic mass is 16.5. The van der Waals surface area contributed by atoms with Gasteiger partial charge in [-0.3, -0.25) is 0 Å². The summed E-state index contributed by atoms with van der Waals surface area (Å²) in [5.41, 5.74) is 2.35. The molecule has 0 aliphatic heterocycles. The van der Waals surface area contributed by atoms with Crippen molar-refractivity contribution in [3.05, 3.63) is 29.3 Å². The molecule has 2 heteroatoms. The minimum Gasteiger partial charge on any atom is -0.494 e. The normalized spacial score (nSPS) is 23.2. The average molecular weight is 218 g/mol. The largest absolute Gasteiger partial charge is 0.494 e. The molecule has 3 rings (SSSR count). The molecule has 0 aromatic heterocycles. The summed E-state index contributed by atoms with van der Waals surface area (Å²) in [6, 6.07) is 6.10. The molecule has 0 heterocycles. The molecule has 86 valence electrons. The SMILES string of the molecule is O[C@H]1CCc2cc(OCCC3CC3)ccc21. The summed E-state index contributed by atoms with van der Waals surface area (Å²) in [5.74, 6) is 1.89. The van der Waals surface area contributed by atoms with Gasteiger partial charge in [0.15, 0.2) is 0 Å². The van der Waals surface area contributed by atoms with E-state index >= 15 is 0 Å². The Morgan fingerprint density at radius 1 is 1.25 bits per heavy atom. The highest BCUT2D eigenvalue weighted by Crippen LogP contribution is 2.34. The second-order valence-electron chi connectivity index (χ2n) is 5.00. The van der Waals surface area contributed by atoms with Gasteiger partial charge in [-0.1, -0.05) is 18.9 Å². The van der Waals surface area contributed by atoms with Gasteiger partial charge in [-0.25, -0.2) is 0 Å². The maximum Gasteiger partial charge on any atom is 0.119 e. The minimum absolute atomic E-state index is 0.254. The summed E-state index contributed by atoms with van der Waals surface area (Å²) in [6.45, 7) is 0.839. The van der Waals surface area contributed by atoms with Crippen molar-refractivity contribution in [3.8, 4) is 5.75 Å². The lowest BCUT2D eigenvalue weighted by atomic mass is 10.1. The molecule has 0 radical (unpaired) electrons. The van der Waals surface area contributed by atoms with Crippen molar-refractivity contribution in [1.29, 1.82) is 0 Å². The Kier molecular flexibility index (Phi) is 2.60. The monoisotopic (exact) mass is 218 g/mol. The number of hydrogen-bond donors (Lipinski definition) is 1. The zero-order valence-corrected chi connectivity index (χ0v) is 9.48. The molecule has 16 heavy (non-hydrogen) atoms. The first-order valence-electron chi connectivity index (χ1n) is 6.26. The van der Waals surface area contributed by atoms with Gasteiger partial charge in [0.2, 0.25) is 0 Å². The van der Waals surface area contributed by atoms with Crippen LogP contribution in [0.2, 0.25) is 0 Å². The molecule has 1 atom stereocenters. The van der Waals surface area contributed by atoms with E-state index in [1.165, 1.54) is 24.8 Å². The van der Waals surface area contributed by atoms with E-state index in [0.29, 0.717) is 0 Å². The van der Waals surface area contributed by atoms with Gasteiger partial charge in [0, 0.05) is 0 Å². The van der Waals surface area contributed by atoms with Crippen LogP contribution in [0.1, 0.15) is 42.9 Å². The van der Waals surface area contributed by atoms with Crippen molar-refractivity contribution in [2.45, 2.75) is 38.2 Å². The lowest BCUT2D eigenvalue weighted by Crippen LogP contribution is -1.99. The number of hydrogen-bond acceptors (Lipinski definition) is 2. The topological polar surface area (TPSA) is 29.5 Å². The van der Waals surface area contributed by atoms with Crippen molar-refractivity contribution in [2.24, 2.45) is 5.92 Å². The second-order valence-corrected chi connectivity index (χ2v) is 5.00. The summed E-state index contributed by atoms with van der Waals surface area (Å²) in [6.07, 6.45) is 5.56. The Morgan fingerprint density at radius 2 is 2.12 bits per heavy atom. The fourth-order valence-electron chi connectivity index (χ4n) is 2.41. The van der Waals surface area contributed by atoms with Crippen LogP contribution in [0.5, 0.6) is 5.75 Å². The van der Waals surface area contributed by atoms with E-state index < -0.39 is 0 Å². The molecule has 1 aromatic carbocycles. The molecule has 1 aromatic rings. The Balaban J connectivity index is 1.62. The first-order valence-corrected chi connectivity index (χ1v) is 6.26. The predicted octanol–water partition coefficient (Wildman–Crippen LogP) is 2.85. The molecule has 2 nitrogen and oxygen atoms in total. The van der Waals surface area contributed by atoms with Gasteiger partial charge in [0.05, 0.1) is 12.7 Å². The van der Waals surface area contributed by atoms with Gasteiger partial charge >= 0.3 is 0 Å². The fraction of sp³-hybridized carbons (Fsp3) is 0.571. The zero-order valence-electron chi connectivity index (χ0n) is 9.48. The van der Waals surface area contributed by atoms with Crippen LogP contribution in [0.3, 0.4) is 0 Å². The third-order valence-electron chi connectivity index (χ3n) is 3.65. The number of aliphatic hydroxyl groups is 1. The van der Waals surface area contributed by atoms with Gasteiger partial charge in [-0.15, -0.1) is 0 Å². The molecular formula is C14H18O2. The molecule has 1 N–H and O–H groups in total. The first kappa shape index (κ1) is 10.2. The smallest absolute Gasteiger partial charge is 0.119 e. The summed E-state index contributed by atoms with van der Waals surface area (Å²) in [4.78, 5) is 0. The predicted molar refractivity (Wildman–Crippen MR) is 62.6 cm³/mol. The number of benzene rings is 1. The number of aryl methyl sites for hydroxylation is 1. The number of rotatable bonds is 4. The summed E-state index contributed by atoms with van der Waals surface area (Å²) >= 11 is 0. The van der Waals surface area contributed by atoms with Crippen LogP contribution in [0.25, 0.3) is 0 Å². The molecule has 1 fully saturated rings. The number of fused-ring (bicyclic) bond motifs is 1. The van der Waals surface area contributed by atoms with Crippen LogP contribution in [-0.2, 0) is 6.42 Å². The maximum absolute atomic E-state index is 9.69. The third kappa shape index (κ3) is 2.07. The molecular weight excluding hydrogens is 200 g/mol. The Labute approximate surface area is 96.2 Å². The van der Waals surface area contributed by atoms with Crippen LogP contribution < -0.4 is 4.74 Å². The minimum atomic E-state index is -0.254. The third-order valence-corrected chi connectivity index (χ3v) is 3.65. The van der Waals surface area contributed by atoms with Crippen molar-refractivity contribution in [2.75, 3.05) is 6.61 Å². The van der Waals surface area contributed by atoms with Crippen molar-refractivity contribution in [1.82, 2.24) is 0 Å². The molecule has 1 saturated carbocycles. The number of aliphatic hydroxyl groups excluding tert-OH is 1. The summed E-state index contributed by atoms with van der Waals surface area (Å²) < 4.78 is 5.74. The highest BCUT2D eigenvalue weighted by molar-refractivity contribution is 5.39. The standard InChI is InChI=1S/C14H18O2/c15-14-6-3-11-9-12(4-5-13(11)14)16-8-7-10-1-2-10/h4-5,9-10,14-15H,1-3,6-8H2/t14-/m0/s1. The average Bonchev–Trinajstić information content (AvgIpc) is 3.04. The molecule has 0 saturated heterocycles. The Morgan fingerprint density at radius 3 is 2.94 bits per heavy atom. The van der Waals surface area contributed by atoms with Crippen LogP contribution in [-0.4, -0.2) is 11.7 Å². The zero-order chi connectivity index (χ0) is 11.0. The lowest BCUT2D eigenvalue weighted by molar-refractivity contribution is 0.180. The fourth-order valence-corrected chi connectivity index (χ4v) is 2.41. The Bertz CT molecular complexity index is 382. The van der Waals surface area contributed by atoms with E-state index in [-0.39, 0.29) is 6.10 Å². The molecule has 0 bridgehead atoms. The van der Waals surface area contributed by atoms with Crippen LogP contribution in [0, 0.1) is 5.92 Å². The molecule has 0 spiro atoms. The van der Waals surface area contributed by atoms with E-state index in [1.807, 2.05) is 12.1 Å². The molecule has 0 amide bonds. The summed E-state index contributed by atoms with van der Waals surface area (Å²) in [5, 5.41) is 9.69. The van der Waals surface area contributed by atoms with E-state index in [1.54, 1.807) is 0 Å². The highest BCUT2D eigenvalue weighted by Gasteiger charge is 2.22. The van der Waals surface area contributed by atoms with E-state index in [0.717, 1.165) is 36.7 Å². The van der Waals surface area contributed by atoms with Crippen LogP contribution in [0.15, 0.2) is 18.2 Å². The van der Waals surface area contributed by atoms with Gasteiger partial charge in [-0.2, -0.15) is 0 Å². The Hall–Kier alpha value is -1.02. The molecule has 2 aliphatic rings. The maximum atomic E-state index is 9.69. The molecule has 0 unspecified atom stereocenters. The van der Waals surface area contributed by atoms with E-state index in [2.05, 4.69) is 6.07 Å². The van der Waals surface area contributed by atoms with Crippen molar-refractivity contribution >= 4 is 0 Å². The first-order chi connectivity index (χ1) is 7.83. The quantitative estimate of drug-likeness (QED) is 0.842. The van der Waals surface area contributed by atoms with Crippen LogP contribution >= 0.6 is 0 Å². The van der Waals surface area contributed by atoms with Crippen molar-refractivity contribution in [3.63, 3.8) is 0 Å². The van der Waals surface area contributed by atoms with Crippen LogP contribution in [0.4, 0.5) is 0 Å². The summed E-state index contributed by atoms with van der Waals surface area (Å²) in [7, 11) is 0.